The van der Waals surface area contributed by atoms with Crippen LogP contribution in [0.4, 0.5) is 0 Å². The molecular formula is C19H43NO3S. The lowest BCUT2D eigenvalue weighted by atomic mass is 10.1. The van der Waals surface area contributed by atoms with Gasteiger partial charge in [-0.25, -0.2) is 3.89 Å². The summed E-state index contributed by atoms with van der Waals surface area (Å²) in [5.74, 6) is 0. The van der Waals surface area contributed by atoms with Gasteiger partial charge in [0.05, 0.1) is 20.6 Å². The summed E-state index contributed by atoms with van der Waals surface area (Å²) in [7, 11) is -1.28. The average molecular weight is 366 g/mol. The molecule has 0 saturated heterocycles. The molecule has 0 aromatic heterocycles. The molecule has 0 bridgehead atoms. The zero-order valence-electron chi connectivity index (χ0n) is 17.0. The standard InChI is InChI=1S/C16H35NO3S.C3H8/c1-4-5-6-7-8-9-10-11-12-13-14-15-16-17(2,3)21(18,19)20;1-3-2/h4-16H2,1-3H3;3H2,1-2H3. The molecule has 0 saturated carbocycles. The summed E-state index contributed by atoms with van der Waals surface area (Å²) in [5, 5.41) is 0. The van der Waals surface area contributed by atoms with Crippen molar-refractivity contribution >= 4 is 10.3 Å². The molecule has 4 nitrogen and oxygen atoms in total. The second-order valence-electron chi connectivity index (χ2n) is 7.32. The van der Waals surface area contributed by atoms with E-state index in [1.54, 1.807) is 0 Å². The number of hydrogen-bond acceptors (Lipinski definition) is 3. The van der Waals surface area contributed by atoms with Gasteiger partial charge in [0.25, 0.3) is 10.3 Å². The average Bonchev–Trinajstić information content (AvgIpc) is 2.48. The van der Waals surface area contributed by atoms with E-state index in [0.29, 0.717) is 6.54 Å². The summed E-state index contributed by atoms with van der Waals surface area (Å²) in [6, 6.07) is 0. The molecule has 5 heteroatoms. The van der Waals surface area contributed by atoms with Crippen LogP contribution in [-0.2, 0) is 10.3 Å². The van der Waals surface area contributed by atoms with Gasteiger partial charge >= 0.3 is 0 Å². The highest BCUT2D eigenvalue weighted by Gasteiger charge is 2.22. The second kappa shape index (κ2) is 16.3. The first-order valence-corrected chi connectivity index (χ1v) is 11.4. The third-order valence-corrected chi connectivity index (χ3v) is 5.55. The van der Waals surface area contributed by atoms with Crippen molar-refractivity contribution in [2.45, 2.75) is 104 Å². The van der Waals surface area contributed by atoms with E-state index in [-0.39, 0.29) is 0 Å². The van der Waals surface area contributed by atoms with Crippen molar-refractivity contribution in [1.82, 2.24) is 0 Å². The first-order valence-electron chi connectivity index (χ1n) is 10.0. The Morgan fingerprint density at radius 1 is 0.667 bits per heavy atom. The van der Waals surface area contributed by atoms with E-state index in [9.17, 15) is 13.0 Å². The third kappa shape index (κ3) is 16.7. The van der Waals surface area contributed by atoms with Crippen molar-refractivity contribution in [3.05, 3.63) is 0 Å². The smallest absolute Gasteiger partial charge is 0.254 e. The Kier molecular flexibility index (Phi) is 17.8. The van der Waals surface area contributed by atoms with Crippen molar-refractivity contribution < 1.29 is 16.9 Å². The van der Waals surface area contributed by atoms with Crippen LogP contribution in [0.1, 0.15) is 104 Å². The van der Waals surface area contributed by atoms with Crippen molar-refractivity contribution in [3.63, 3.8) is 0 Å². The maximum atomic E-state index is 11.0. The van der Waals surface area contributed by atoms with Gasteiger partial charge in [0.1, 0.15) is 0 Å². The van der Waals surface area contributed by atoms with Crippen molar-refractivity contribution in [1.29, 1.82) is 0 Å². The molecule has 0 radical (unpaired) electrons. The lowest BCUT2D eigenvalue weighted by molar-refractivity contribution is -0.768. The van der Waals surface area contributed by atoms with Crippen molar-refractivity contribution in [2.75, 3.05) is 20.6 Å². The molecule has 148 valence electrons. The summed E-state index contributed by atoms with van der Waals surface area (Å²) >= 11 is 0. The van der Waals surface area contributed by atoms with Gasteiger partial charge in [0.15, 0.2) is 0 Å². The van der Waals surface area contributed by atoms with Crippen LogP contribution < -0.4 is 0 Å². The summed E-state index contributed by atoms with van der Waals surface area (Å²) < 4.78 is 32.6. The fraction of sp³-hybridized carbons (Fsp3) is 1.00. The number of quaternary nitrogens is 1. The highest BCUT2D eigenvalue weighted by Crippen LogP contribution is 2.13. The van der Waals surface area contributed by atoms with E-state index >= 15 is 0 Å². The van der Waals surface area contributed by atoms with Crippen molar-refractivity contribution in [3.8, 4) is 0 Å². The Balaban J connectivity index is 0. The minimum absolute atomic E-state index is 0.420. The van der Waals surface area contributed by atoms with Crippen LogP contribution in [0.2, 0.25) is 0 Å². The minimum atomic E-state index is -4.23. The molecule has 0 aliphatic rings. The Morgan fingerprint density at radius 2 is 0.958 bits per heavy atom. The number of hydrogen-bond donors (Lipinski definition) is 0. The predicted octanol–water partition coefficient (Wildman–Crippen LogP) is 5.64. The van der Waals surface area contributed by atoms with Crippen molar-refractivity contribution in [2.24, 2.45) is 0 Å². The van der Waals surface area contributed by atoms with Gasteiger partial charge in [-0.1, -0.05) is 91.4 Å². The highest BCUT2D eigenvalue weighted by molar-refractivity contribution is 7.79. The van der Waals surface area contributed by atoms with Crippen LogP contribution in [-0.4, -0.2) is 37.5 Å². The molecule has 0 fully saturated rings. The van der Waals surface area contributed by atoms with E-state index in [4.69, 9.17) is 0 Å². The molecule has 0 aromatic carbocycles. The van der Waals surface area contributed by atoms with Gasteiger partial charge in [0.2, 0.25) is 0 Å². The molecule has 0 aromatic rings. The Labute approximate surface area is 152 Å². The lowest BCUT2D eigenvalue weighted by Crippen LogP contribution is -2.45. The van der Waals surface area contributed by atoms with Crippen LogP contribution in [0.25, 0.3) is 0 Å². The molecule has 0 unspecified atom stereocenters. The van der Waals surface area contributed by atoms with Crippen LogP contribution in [0.15, 0.2) is 0 Å². The summed E-state index contributed by atoms with van der Waals surface area (Å²) in [6.07, 6.45) is 16.2. The van der Waals surface area contributed by atoms with Gasteiger partial charge < -0.3 is 4.55 Å². The molecule has 0 amide bonds. The molecular weight excluding hydrogens is 322 g/mol. The zero-order valence-corrected chi connectivity index (χ0v) is 17.8. The van der Waals surface area contributed by atoms with Crippen LogP contribution in [0.5, 0.6) is 0 Å². The SMILES string of the molecule is CCC.CCCCCCCCCCCCCC[N+](C)(C)S(=O)(=O)[O-]. The predicted molar refractivity (Wildman–Crippen MR) is 104 cm³/mol. The van der Waals surface area contributed by atoms with E-state index in [1.165, 1.54) is 78.3 Å². The van der Waals surface area contributed by atoms with E-state index in [0.717, 1.165) is 19.3 Å². The molecule has 0 rings (SSSR count). The minimum Gasteiger partial charge on any atom is -0.702 e. The molecule has 0 spiro atoms. The van der Waals surface area contributed by atoms with Gasteiger partial charge in [-0.15, -0.1) is 0 Å². The fourth-order valence-corrected chi connectivity index (χ4v) is 2.80. The van der Waals surface area contributed by atoms with Gasteiger partial charge in [-0.3, -0.25) is 0 Å². The first-order chi connectivity index (χ1) is 11.2. The van der Waals surface area contributed by atoms with Crippen LogP contribution in [0.3, 0.4) is 0 Å². The van der Waals surface area contributed by atoms with Gasteiger partial charge in [0, 0.05) is 0 Å². The molecule has 24 heavy (non-hydrogen) atoms. The number of nitrogens with zero attached hydrogens (tertiary/aromatic N) is 1. The normalized spacial score (nSPS) is 11.9. The third-order valence-electron chi connectivity index (χ3n) is 4.16. The summed E-state index contributed by atoms with van der Waals surface area (Å²) in [6.45, 7) is 6.91. The molecule has 0 N–H and O–H groups in total. The topological polar surface area (TPSA) is 57.2 Å². The van der Waals surface area contributed by atoms with E-state index in [2.05, 4.69) is 20.8 Å². The van der Waals surface area contributed by atoms with Gasteiger partial charge in [-0.2, -0.15) is 8.42 Å². The van der Waals surface area contributed by atoms with E-state index in [1.807, 2.05) is 0 Å². The largest absolute Gasteiger partial charge is 0.702 e. The Bertz CT molecular complexity index is 354. The highest BCUT2D eigenvalue weighted by atomic mass is 32.2. The fourth-order valence-electron chi connectivity index (χ4n) is 2.45. The Hall–Kier alpha value is -0.130. The first kappa shape index (κ1) is 26.1. The number of rotatable bonds is 14. The molecule has 0 atom stereocenters. The molecule has 0 aliphatic heterocycles. The van der Waals surface area contributed by atoms with Gasteiger partial charge in [-0.05, 0) is 12.8 Å². The summed E-state index contributed by atoms with van der Waals surface area (Å²) in [5.41, 5.74) is 0. The monoisotopic (exact) mass is 365 g/mol. The quantitative estimate of drug-likeness (QED) is 0.227. The van der Waals surface area contributed by atoms with E-state index < -0.39 is 14.2 Å². The van der Waals surface area contributed by atoms with Crippen LogP contribution in [0, 0.1) is 0 Å². The maximum Gasteiger partial charge on any atom is 0.254 e. The summed E-state index contributed by atoms with van der Waals surface area (Å²) in [4.78, 5) is 0. The second-order valence-corrected chi connectivity index (χ2v) is 9.17. The molecule has 0 aliphatic carbocycles. The molecule has 0 heterocycles. The number of unbranched alkanes of at least 4 members (excludes halogenated alkanes) is 11. The lowest BCUT2D eigenvalue weighted by Gasteiger charge is -2.30. The van der Waals surface area contributed by atoms with Crippen LogP contribution >= 0.6 is 0 Å². The maximum absolute atomic E-state index is 11.0. The zero-order chi connectivity index (χ0) is 18.9. The Morgan fingerprint density at radius 3 is 1.25 bits per heavy atom.